The van der Waals surface area contributed by atoms with Gasteiger partial charge < -0.3 is 14.6 Å². The smallest absolute Gasteiger partial charge is 0.146 e. The van der Waals surface area contributed by atoms with Crippen LogP contribution in [-0.2, 0) is 9.47 Å². The van der Waals surface area contributed by atoms with Crippen molar-refractivity contribution in [1.82, 2.24) is 0 Å². The second-order valence-electron chi connectivity index (χ2n) is 8.64. The summed E-state index contributed by atoms with van der Waals surface area (Å²) in [6, 6.07) is 0. The Labute approximate surface area is 157 Å². The van der Waals surface area contributed by atoms with Crippen LogP contribution in [0.4, 0.5) is 0 Å². The van der Waals surface area contributed by atoms with E-state index in [-0.39, 0.29) is 6.10 Å². The minimum atomic E-state index is -0.168. The molecule has 0 rings (SSSR count). The van der Waals surface area contributed by atoms with Gasteiger partial charge in [0.05, 0.1) is 6.10 Å². The molecule has 152 valence electrons. The van der Waals surface area contributed by atoms with Crippen LogP contribution in [0.2, 0.25) is 0 Å². The van der Waals surface area contributed by atoms with E-state index < -0.39 is 0 Å². The minimum Gasteiger partial charge on any atom is -0.393 e. The third kappa shape index (κ3) is 17.1. The van der Waals surface area contributed by atoms with Gasteiger partial charge in [0.25, 0.3) is 0 Å². The van der Waals surface area contributed by atoms with Crippen molar-refractivity contribution >= 4 is 0 Å². The Morgan fingerprint density at radius 1 is 0.680 bits per heavy atom. The number of aliphatic hydroxyl groups is 1. The zero-order chi connectivity index (χ0) is 19.1. The zero-order valence-electron chi connectivity index (χ0n) is 17.9. The van der Waals surface area contributed by atoms with E-state index in [1.54, 1.807) is 0 Å². The predicted octanol–water partition coefficient (Wildman–Crippen LogP) is 6.04. The van der Waals surface area contributed by atoms with Gasteiger partial charge in [0.15, 0.2) is 0 Å². The fourth-order valence-electron chi connectivity index (χ4n) is 4.01. The molecular formula is C22H46O3. The van der Waals surface area contributed by atoms with Crippen LogP contribution < -0.4 is 0 Å². The third-order valence-corrected chi connectivity index (χ3v) is 4.95. The highest BCUT2D eigenvalue weighted by Crippen LogP contribution is 2.27. The van der Waals surface area contributed by atoms with Crippen LogP contribution in [0.5, 0.6) is 0 Å². The Balaban J connectivity index is 3.65. The normalized spacial score (nSPS) is 17.9. The molecule has 3 heteroatoms. The highest BCUT2D eigenvalue weighted by molar-refractivity contribution is 4.67. The van der Waals surface area contributed by atoms with Gasteiger partial charge in [0, 0.05) is 13.2 Å². The molecule has 0 aromatic carbocycles. The fraction of sp³-hybridized carbons (Fsp3) is 1.00. The van der Waals surface area contributed by atoms with Crippen LogP contribution in [0.25, 0.3) is 0 Å². The molecule has 3 nitrogen and oxygen atoms in total. The Morgan fingerprint density at radius 3 is 1.68 bits per heavy atom. The van der Waals surface area contributed by atoms with E-state index in [0.29, 0.717) is 12.7 Å². The monoisotopic (exact) mass is 358 g/mol. The fourth-order valence-corrected chi connectivity index (χ4v) is 4.01. The maximum Gasteiger partial charge on any atom is 0.146 e. The molecule has 0 aliphatic rings. The molecule has 1 N–H and O–H groups in total. The summed E-state index contributed by atoms with van der Waals surface area (Å²) in [7, 11) is 0. The molecule has 0 heterocycles. The summed E-state index contributed by atoms with van der Waals surface area (Å²) in [5.41, 5.74) is 0. The largest absolute Gasteiger partial charge is 0.393 e. The first-order valence-corrected chi connectivity index (χ1v) is 10.7. The number of unbranched alkanes of at least 4 members (excludes halogenated alkanes) is 1. The van der Waals surface area contributed by atoms with E-state index in [9.17, 15) is 5.11 Å². The van der Waals surface area contributed by atoms with Crippen LogP contribution in [0.15, 0.2) is 0 Å². The molecule has 0 aliphatic carbocycles. The van der Waals surface area contributed by atoms with E-state index in [2.05, 4.69) is 34.6 Å². The molecule has 0 bridgehead atoms. The van der Waals surface area contributed by atoms with Crippen LogP contribution >= 0.6 is 0 Å². The molecule has 5 atom stereocenters. The number of hydrogen-bond donors (Lipinski definition) is 1. The van der Waals surface area contributed by atoms with Gasteiger partial charge in [-0.25, -0.2) is 0 Å². The topological polar surface area (TPSA) is 38.7 Å². The highest BCUT2D eigenvalue weighted by atomic mass is 16.7. The summed E-state index contributed by atoms with van der Waals surface area (Å²) in [4.78, 5) is 0. The maximum absolute atomic E-state index is 9.49. The SMILES string of the molecule is CCCCOCOCCCC(C)CC(C)CC(C)CC(C)CC(C)O. The van der Waals surface area contributed by atoms with Crippen molar-refractivity contribution < 1.29 is 14.6 Å². The first kappa shape index (κ1) is 24.9. The zero-order valence-corrected chi connectivity index (χ0v) is 17.9. The molecule has 0 amide bonds. The average molecular weight is 359 g/mol. The Bertz CT molecular complexity index is 280. The van der Waals surface area contributed by atoms with Crippen molar-refractivity contribution in [1.29, 1.82) is 0 Å². The van der Waals surface area contributed by atoms with Crippen molar-refractivity contribution in [3.63, 3.8) is 0 Å². The second-order valence-corrected chi connectivity index (χ2v) is 8.64. The molecule has 0 fully saturated rings. The molecule has 0 aromatic rings. The van der Waals surface area contributed by atoms with Gasteiger partial charge in [-0.1, -0.05) is 41.0 Å². The quantitative estimate of drug-likeness (QED) is 0.254. The van der Waals surface area contributed by atoms with Crippen molar-refractivity contribution in [2.45, 2.75) is 99.0 Å². The molecule has 0 saturated carbocycles. The second kappa shape index (κ2) is 16.1. The minimum absolute atomic E-state index is 0.168. The van der Waals surface area contributed by atoms with Crippen molar-refractivity contribution in [3.05, 3.63) is 0 Å². The molecule has 0 spiro atoms. The lowest BCUT2D eigenvalue weighted by atomic mass is 9.83. The maximum atomic E-state index is 9.49. The summed E-state index contributed by atoms with van der Waals surface area (Å²) in [5.74, 6) is 2.92. The van der Waals surface area contributed by atoms with Crippen LogP contribution in [-0.4, -0.2) is 31.2 Å². The van der Waals surface area contributed by atoms with Gasteiger partial charge in [-0.3, -0.25) is 0 Å². The lowest BCUT2D eigenvalue weighted by molar-refractivity contribution is -0.0558. The first-order chi connectivity index (χ1) is 11.8. The van der Waals surface area contributed by atoms with Gasteiger partial charge >= 0.3 is 0 Å². The van der Waals surface area contributed by atoms with Crippen molar-refractivity contribution in [2.75, 3.05) is 20.0 Å². The van der Waals surface area contributed by atoms with Gasteiger partial charge in [-0.05, 0) is 75.5 Å². The van der Waals surface area contributed by atoms with E-state index in [4.69, 9.17) is 9.47 Å². The number of hydrogen-bond acceptors (Lipinski definition) is 3. The first-order valence-electron chi connectivity index (χ1n) is 10.7. The van der Waals surface area contributed by atoms with E-state index in [0.717, 1.165) is 50.2 Å². The standard InChI is InChI=1S/C22H46O3/c1-7-8-11-24-17-25-12-9-10-18(2)13-19(3)14-20(4)15-21(5)16-22(6)23/h18-23H,7-17H2,1-6H3. The lowest BCUT2D eigenvalue weighted by Crippen LogP contribution is -2.13. The number of ether oxygens (including phenoxy) is 2. The summed E-state index contributed by atoms with van der Waals surface area (Å²) in [6.07, 6.45) is 9.27. The van der Waals surface area contributed by atoms with Gasteiger partial charge in [0.1, 0.15) is 6.79 Å². The summed E-state index contributed by atoms with van der Waals surface area (Å²) in [6.45, 7) is 15.5. The average Bonchev–Trinajstić information content (AvgIpc) is 2.48. The molecule has 0 aliphatic heterocycles. The van der Waals surface area contributed by atoms with E-state index >= 15 is 0 Å². The van der Waals surface area contributed by atoms with Gasteiger partial charge in [-0.15, -0.1) is 0 Å². The van der Waals surface area contributed by atoms with Crippen LogP contribution in [0.1, 0.15) is 92.9 Å². The van der Waals surface area contributed by atoms with Gasteiger partial charge in [-0.2, -0.15) is 0 Å². The molecule has 5 unspecified atom stereocenters. The Kier molecular flexibility index (Phi) is 16.0. The van der Waals surface area contributed by atoms with Gasteiger partial charge in [0.2, 0.25) is 0 Å². The molecule has 0 saturated heterocycles. The number of aliphatic hydroxyl groups excluding tert-OH is 1. The van der Waals surface area contributed by atoms with Crippen LogP contribution in [0.3, 0.4) is 0 Å². The molecule has 25 heavy (non-hydrogen) atoms. The lowest BCUT2D eigenvalue weighted by Gasteiger charge is -2.23. The molecule has 0 aromatic heterocycles. The third-order valence-electron chi connectivity index (χ3n) is 4.95. The van der Waals surface area contributed by atoms with E-state index in [1.165, 1.54) is 32.1 Å². The highest BCUT2D eigenvalue weighted by Gasteiger charge is 2.15. The summed E-state index contributed by atoms with van der Waals surface area (Å²) in [5, 5.41) is 9.49. The number of rotatable bonds is 17. The predicted molar refractivity (Wildman–Crippen MR) is 108 cm³/mol. The van der Waals surface area contributed by atoms with Crippen molar-refractivity contribution in [2.24, 2.45) is 23.7 Å². The Morgan fingerprint density at radius 2 is 1.16 bits per heavy atom. The van der Waals surface area contributed by atoms with E-state index in [1.807, 2.05) is 6.92 Å². The van der Waals surface area contributed by atoms with Crippen LogP contribution in [0, 0.1) is 23.7 Å². The molecule has 0 radical (unpaired) electrons. The Hall–Kier alpha value is -0.120. The van der Waals surface area contributed by atoms with Crippen molar-refractivity contribution in [3.8, 4) is 0 Å². The molecular weight excluding hydrogens is 312 g/mol. The summed E-state index contributed by atoms with van der Waals surface area (Å²) < 4.78 is 10.9. The summed E-state index contributed by atoms with van der Waals surface area (Å²) >= 11 is 0.